The zero-order valence-corrected chi connectivity index (χ0v) is 17.4. The number of rotatable bonds is 4. The van der Waals surface area contributed by atoms with Gasteiger partial charge in [-0.25, -0.2) is 18.1 Å². The number of para-hydroxylation sites is 1. The molecule has 0 aliphatic carbocycles. The van der Waals surface area contributed by atoms with Gasteiger partial charge in [0.05, 0.1) is 16.1 Å². The molecule has 1 aliphatic rings. The lowest BCUT2D eigenvalue weighted by molar-refractivity contribution is -0.121. The standard InChI is InChI=1S/C21H16F3N3O4S/c1-20(12-13-10-11-25-17-5-3-2-4-16(13)17)18(28)27(19(29)26-20)14-6-8-15(9-7-14)32(30,31)21(22,23)24/h2-11H,12H2,1H3,(H,26,29)/t20-/m1/s1. The summed E-state index contributed by atoms with van der Waals surface area (Å²) in [7, 11) is -5.54. The van der Waals surface area contributed by atoms with Crippen molar-refractivity contribution in [2.75, 3.05) is 4.90 Å². The summed E-state index contributed by atoms with van der Waals surface area (Å²) in [6.07, 6.45) is 1.75. The highest BCUT2D eigenvalue weighted by Gasteiger charge is 2.49. The Morgan fingerprint density at radius 3 is 2.34 bits per heavy atom. The van der Waals surface area contributed by atoms with E-state index in [9.17, 15) is 31.2 Å². The maximum atomic E-state index is 13.1. The number of sulfone groups is 1. The number of carbonyl (C=O) groups is 2. The number of benzene rings is 2. The van der Waals surface area contributed by atoms with Gasteiger partial charge in [0.15, 0.2) is 0 Å². The van der Waals surface area contributed by atoms with Gasteiger partial charge in [0, 0.05) is 18.0 Å². The maximum absolute atomic E-state index is 13.1. The number of fused-ring (bicyclic) bond motifs is 1. The first-order valence-electron chi connectivity index (χ1n) is 9.35. The molecule has 0 unspecified atom stereocenters. The van der Waals surface area contributed by atoms with Crippen LogP contribution in [0.15, 0.2) is 65.7 Å². The number of carbonyl (C=O) groups excluding carboxylic acids is 2. The van der Waals surface area contributed by atoms with Crippen molar-refractivity contribution in [2.24, 2.45) is 0 Å². The summed E-state index contributed by atoms with van der Waals surface area (Å²) in [6.45, 7) is 1.55. The predicted molar refractivity (Wildman–Crippen MR) is 110 cm³/mol. The minimum Gasteiger partial charge on any atom is -0.323 e. The predicted octanol–water partition coefficient (Wildman–Crippen LogP) is 3.59. The van der Waals surface area contributed by atoms with Gasteiger partial charge in [-0.1, -0.05) is 18.2 Å². The van der Waals surface area contributed by atoms with Gasteiger partial charge in [-0.15, -0.1) is 0 Å². The number of hydrogen-bond donors (Lipinski definition) is 1. The van der Waals surface area contributed by atoms with Crippen LogP contribution in [0.2, 0.25) is 0 Å². The van der Waals surface area contributed by atoms with E-state index in [4.69, 9.17) is 0 Å². The fraction of sp³-hybridized carbons (Fsp3) is 0.190. The number of aromatic nitrogens is 1. The van der Waals surface area contributed by atoms with Gasteiger partial charge >= 0.3 is 11.5 Å². The Balaban J connectivity index is 1.64. The van der Waals surface area contributed by atoms with Gasteiger partial charge < -0.3 is 5.32 Å². The van der Waals surface area contributed by atoms with Crippen LogP contribution in [0, 0.1) is 0 Å². The lowest BCUT2D eigenvalue weighted by Crippen LogP contribution is -2.46. The molecule has 3 aromatic rings. The minimum atomic E-state index is -5.54. The molecule has 2 heterocycles. The molecule has 0 saturated carbocycles. The van der Waals surface area contributed by atoms with Crippen LogP contribution in [0.25, 0.3) is 10.9 Å². The molecule has 1 atom stereocenters. The first-order chi connectivity index (χ1) is 14.9. The van der Waals surface area contributed by atoms with Crippen molar-refractivity contribution in [1.29, 1.82) is 0 Å². The quantitative estimate of drug-likeness (QED) is 0.597. The highest BCUT2D eigenvalue weighted by Crippen LogP contribution is 2.33. The summed E-state index contributed by atoms with van der Waals surface area (Å²) in [4.78, 5) is 29.8. The lowest BCUT2D eigenvalue weighted by atomic mass is 9.91. The van der Waals surface area contributed by atoms with Crippen molar-refractivity contribution in [3.63, 3.8) is 0 Å². The average Bonchev–Trinajstić information content (AvgIpc) is 2.95. The van der Waals surface area contributed by atoms with E-state index in [-0.39, 0.29) is 12.1 Å². The maximum Gasteiger partial charge on any atom is 0.501 e. The van der Waals surface area contributed by atoms with E-state index >= 15 is 0 Å². The zero-order valence-electron chi connectivity index (χ0n) is 16.6. The number of nitrogens with zero attached hydrogens (tertiary/aromatic N) is 2. The summed E-state index contributed by atoms with van der Waals surface area (Å²) in [5.74, 6) is -0.616. The van der Waals surface area contributed by atoms with Crippen molar-refractivity contribution in [2.45, 2.75) is 29.3 Å². The number of halogens is 3. The molecule has 3 amide bonds. The van der Waals surface area contributed by atoms with Crippen LogP contribution < -0.4 is 10.2 Å². The first kappa shape index (κ1) is 21.8. The molecule has 2 aromatic carbocycles. The van der Waals surface area contributed by atoms with Crippen molar-refractivity contribution in [3.05, 3.63) is 66.4 Å². The fourth-order valence-corrected chi connectivity index (χ4v) is 4.40. The van der Waals surface area contributed by atoms with Crippen LogP contribution in [-0.4, -0.2) is 36.4 Å². The number of urea groups is 1. The number of alkyl halides is 3. The average molecular weight is 463 g/mol. The van der Waals surface area contributed by atoms with Gasteiger partial charge in [-0.3, -0.25) is 9.78 Å². The van der Waals surface area contributed by atoms with Crippen LogP contribution in [-0.2, 0) is 21.1 Å². The fourth-order valence-electron chi connectivity index (χ4n) is 3.64. The second-order valence-corrected chi connectivity index (χ2v) is 9.45. The summed E-state index contributed by atoms with van der Waals surface area (Å²) in [6, 6.07) is 11.7. The number of anilines is 1. The molecule has 1 aromatic heterocycles. The Morgan fingerprint density at radius 2 is 1.69 bits per heavy atom. The molecule has 0 spiro atoms. The molecule has 7 nitrogen and oxygen atoms in total. The number of hydrogen-bond acceptors (Lipinski definition) is 5. The van der Waals surface area contributed by atoms with Crippen LogP contribution in [0.3, 0.4) is 0 Å². The number of amides is 3. The molecule has 1 N–H and O–H groups in total. The third-order valence-corrected chi connectivity index (χ3v) is 6.76. The van der Waals surface area contributed by atoms with E-state index in [1.54, 1.807) is 19.2 Å². The Kier molecular flexibility index (Phi) is 4.96. The Hall–Kier alpha value is -3.47. The summed E-state index contributed by atoms with van der Waals surface area (Å²) < 4.78 is 61.3. The van der Waals surface area contributed by atoms with Gasteiger partial charge in [0.2, 0.25) is 0 Å². The molecule has 32 heavy (non-hydrogen) atoms. The van der Waals surface area contributed by atoms with E-state index in [0.717, 1.165) is 33.5 Å². The van der Waals surface area contributed by atoms with Crippen molar-refractivity contribution in [1.82, 2.24) is 10.3 Å². The number of imide groups is 1. The van der Waals surface area contributed by atoms with E-state index in [0.29, 0.717) is 12.1 Å². The monoisotopic (exact) mass is 463 g/mol. The zero-order chi connectivity index (χ0) is 23.3. The van der Waals surface area contributed by atoms with Crippen molar-refractivity contribution < 1.29 is 31.2 Å². The number of pyridine rings is 1. The van der Waals surface area contributed by atoms with Gasteiger partial charge in [-0.2, -0.15) is 13.2 Å². The van der Waals surface area contributed by atoms with Crippen LogP contribution in [0.4, 0.5) is 23.7 Å². The molecule has 1 fully saturated rings. The third-order valence-electron chi connectivity index (χ3n) is 5.25. The molecular weight excluding hydrogens is 447 g/mol. The first-order valence-corrected chi connectivity index (χ1v) is 10.8. The van der Waals surface area contributed by atoms with E-state index in [1.807, 2.05) is 24.3 Å². The SMILES string of the molecule is C[C@]1(Cc2ccnc3ccccc23)NC(=O)N(c2ccc(S(=O)(=O)C(F)(F)F)cc2)C1=O. The summed E-state index contributed by atoms with van der Waals surface area (Å²) >= 11 is 0. The molecule has 11 heteroatoms. The van der Waals surface area contributed by atoms with E-state index in [1.165, 1.54) is 0 Å². The second-order valence-electron chi connectivity index (χ2n) is 7.51. The Morgan fingerprint density at radius 1 is 1.03 bits per heavy atom. The molecule has 1 saturated heterocycles. The molecule has 4 rings (SSSR count). The highest BCUT2D eigenvalue weighted by atomic mass is 32.2. The molecule has 1 aliphatic heterocycles. The Labute approximate surface area is 180 Å². The topological polar surface area (TPSA) is 96.4 Å². The van der Waals surface area contributed by atoms with E-state index in [2.05, 4.69) is 10.3 Å². The minimum absolute atomic E-state index is 0.0445. The van der Waals surface area contributed by atoms with Crippen LogP contribution >= 0.6 is 0 Å². The highest BCUT2D eigenvalue weighted by molar-refractivity contribution is 7.92. The largest absolute Gasteiger partial charge is 0.501 e. The van der Waals surface area contributed by atoms with E-state index < -0.39 is 37.7 Å². The third kappa shape index (κ3) is 3.48. The van der Waals surface area contributed by atoms with Crippen LogP contribution in [0.1, 0.15) is 12.5 Å². The van der Waals surface area contributed by atoms with Crippen molar-refractivity contribution in [3.8, 4) is 0 Å². The summed E-state index contributed by atoms with van der Waals surface area (Å²) in [5.41, 5.74) is -5.32. The number of nitrogens with one attached hydrogen (secondary N) is 1. The van der Waals surface area contributed by atoms with Crippen LogP contribution in [0.5, 0.6) is 0 Å². The smallest absolute Gasteiger partial charge is 0.323 e. The van der Waals surface area contributed by atoms with Gasteiger partial charge in [0.1, 0.15) is 5.54 Å². The molecule has 166 valence electrons. The lowest BCUT2D eigenvalue weighted by Gasteiger charge is -2.22. The molecule has 0 radical (unpaired) electrons. The normalized spacial score (nSPS) is 19.4. The Bertz CT molecular complexity index is 1340. The molecule has 0 bridgehead atoms. The van der Waals surface area contributed by atoms with Gasteiger partial charge in [-0.05, 0) is 48.9 Å². The summed E-state index contributed by atoms with van der Waals surface area (Å²) in [5, 5.41) is 3.45. The molecular formula is C21H16F3N3O4S. The second kappa shape index (κ2) is 7.30. The van der Waals surface area contributed by atoms with Crippen molar-refractivity contribution >= 4 is 38.4 Å². The van der Waals surface area contributed by atoms with Gasteiger partial charge in [0.25, 0.3) is 15.7 Å².